The van der Waals surface area contributed by atoms with Gasteiger partial charge in [0.15, 0.2) is 0 Å². The van der Waals surface area contributed by atoms with E-state index in [0.29, 0.717) is 31.7 Å². The third-order valence-electron chi connectivity index (χ3n) is 4.74. The molecule has 9 heteroatoms. The second-order valence-corrected chi connectivity index (χ2v) is 9.96. The number of rotatable bonds is 7. The van der Waals surface area contributed by atoms with Gasteiger partial charge in [0.1, 0.15) is 0 Å². The van der Waals surface area contributed by atoms with Crippen LogP contribution >= 0.6 is 35.0 Å². The van der Waals surface area contributed by atoms with Crippen LogP contribution in [0.25, 0.3) is 0 Å². The summed E-state index contributed by atoms with van der Waals surface area (Å²) in [5, 5.41) is 2.72. The summed E-state index contributed by atoms with van der Waals surface area (Å²) < 4.78 is 27.6. The minimum absolute atomic E-state index is 0. The summed E-state index contributed by atoms with van der Waals surface area (Å²) >= 11 is 2.10. The zero-order chi connectivity index (χ0) is 20.0. The van der Waals surface area contributed by atoms with Crippen LogP contribution in [0.4, 0.5) is 0 Å². The van der Waals surface area contributed by atoms with Crippen molar-refractivity contribution in [3.05, 3.63) is 69.3 Å². The highest BCUT2D eigenvalue weighted by molar-refractivity contribution is 14.1. The van der Waals surface area contributed by atoms with Crippen LogP contribution in [-0.4, -0.2) is 62.0 Å². The Hall–Kier alpha value is -1.20. The van der Waals surface area contributed by atoms with E-state index in [1.807, 2.05) is 30.3 Å². The summed E-state index contributed by atoms with van der Waals surface area (Å²) in [5.74, 6) is -0.325. The normalized spacial score (nSPS) is 15.5. The quantitative estimate of drug-likeness (QED) is 0.539. The summed E-state index contributed by atoms with van der Waals surface area (Å²) in [6, 6.07) is 17.4. The van der Waals surface area contributed by atoms with Gasteiger partial charge in [0, 0.05) is 42.8 Å². The van der Waals surface area contributed by atoms with Crippen molar-refractivity contribution in [3.63, 3.8) is 0 Å². The van der Waals surface area contributed by atoms with E-state index in [9.17, 15) is 13.2 Å². The summed E-state index contributed by atoms with van der Waals surface area (Å²) in [4.78, 5) is 14.5. The van der Waals surface area contributed by atoms with Gasteiger partial charge in [0.2, 0.25) is 10.0 Å². The Morgan fingerprint density at radius 2 is 1.59 bits per heavy atom. The summed E-state index contributed by atoms with van der Waals surface area (Å²) in [6.45, 7) is 3.33. The third kappa shape index (κ3) is 6.92. The zero-order valence-corrected chi connectivity index (χ0v) is 19.8. The molecule has 29 heavy (non-hydrogen) atoms. The lowest BCUT2D eigenvalue weighted by molar-refractivity contribution is 0.0955. The Morgan fingerprint density at radius 3 is 2.24 bits per heavy atom. The molecule has 0 bridgehead atoms. The van der Waals surface area contributed by atoms with Crippen molar-refractivity contribution in [2.75, 3.05) is 38.5 Å². The van der Waals surface area contributed by atoms with E-state index in [1.54, 1.807) is 12.1 Å². The topological polar surface area (TPSA) is 69.7 Å². The molecule has 1 heterocycles. The fourth-order valence-corrected chi connectivity index (χ4v) is 5.14. The number of hydrogen-bond acceptors (Lipinski definition) is 4. The summed E-state index contributed by atoms with van der Waals surface area (Å²) in [6.07, 6.45) is 0. The van der Waals surface area contributed by atoms with Gasteiger partial charge in [0.25, 0.3) is 5.91 Å². The van der Waals surface area contributed by atoms with Crippen molar-refractivity contribution in [3.8, 4) is 0 Å². The molecule has 2 aromatic carbocycles. The first-order valence-electron chi connectivity index (χ1n) is 9.22. The van der Waals surface area contributed by atoms with Gasteiger partial charge in [-0.3, -0.25) is 9.69 Å². The second-order valence-electron chi connectivity index (χ2n) is 6.71. The second kappa shape index (κ2) is 11.3. The first kappa shape index (κ1) is 24.1. The molecule has 1 N–H and O–H groups in total. The van der Waals surface area contributed by atoms with Gasteiger partial charge in [-0.15, -0.1) is 12.4 Å². The number of amides is 1. The van der Waals surface area contributed by atoms with Crippen molar-refractivity contribution in [2.45, 2.75) is 6.54 Å². The number of hydrogen-bond donors (Lipinski definition) is 1. The van der Waals surface area contributed by atoms with Crippen LogP contribution in [0.1, 0.15) is 15.9 Å². The zero-order valence-electron chi connectivity index (χ0n) is 16.0. The monoisotopic (exact) mass is 549 g/mol. The van der Waals surface area contributed by atoms with Crippen molar-refractivity contribution < 1.29 is 13.2 Å². The van der Waals surface area contributed by atoms with Crippen LogP contribution in [0.2, 0.25) is 0 Å². The molecule has 3 rings (SSSR count). The van der Waals surface area contributed by atoms with E-state index < -0.39 is 10.0 Å². The minimum Gasteiger partial charge on any atom is -0.351 e. The van der Waals surface area contributed by atoms with Crippen molar-refractivity contribution in [2.24, 2.45) is 0 Å². The average molecular weight is 550 g/mol. The lowest BCUT2D eigenvalue weighted by Gasteiger charge is -2.34. The van der Waals surface area contributed by atoms with Gasteiger partial charge in [-0.2, -0.15) is 4.31 Å². The molecule has 0 radical (unpaired) electrons. The molecular weight excluding hydrogens is 525 g/mol. The van der Waals surface area contributed by atoms with Crippen LogP contribution in [0, 0.1) is 3.57 Å². The third-order valence-corrected chi connectivity index (χ3v) is 7.55. The van der Waals surface area contributed by atoms with E-state index in [-0.39, 0.29) is 30.6 Å². The lowest BCUT2D eigenvalue weighted by atomic mass is 10.2. The maximum absolute atomic E-state index is 12.6. The van der Waals surface area contributed by atoms with E-state index in [1.165, 1.54) is 9.87 Å². The number of halogens is 2. The molecule has 1 aliphatic rings. The Balaban J connectivity index is 0.00000300. The first-order chi connectivity index (χ1) is 13.5. The standard InChI is InChI=1S/C20H24IN3O3S.ClH/c21-19-9-5-4-8-18(19)20(25)22-10-15-28(26,27)24-13-11-23(12-14-24)16-17-6-2-1-3-7-17;/h1-9H,10-16H2,(H,22,25);1H. The van der Waals surface area contributed by atoms with Crippen LogP contribution in [0.5, 0.6) is 0 Å². The van der Waals surface area contributed by atoms with Gasteiger partial charge in [-0.1, -0.05) is 42.5 Å². The predicted octanol–water partition coefficient (Wildman–Crippen LogP) is 2.59. The number of carbonyl (C=O) groups excluding carboxylic acids is 1. The molecule has 0 aromatic heterocycles. The SMILES string of the molecule is Cl.O=C(NCCS(=O)(=O)N1CCN(Cc2ccccc2)CC1)c1ccccc1I. The highest BCUT2D eigenvalue weighted by Gasteiger charge is 2.26. The highest BCUT2D eigenvalue weighted by atomic mass is 127. The van der Waals surface area contributed by atoms with Crippen LogP contribution in [0.15, 0.2) is 54.6 Å². The largest absolute Gasteiger partial charge is 0.351 e. The molecule has 158 valence electrons. The van der Waals surface area contributed by atoms with E-state index in [0.717, 1.165) is 10.1 Å². The predicted molar refractivity (Wildman–Crippen MR) is 126 cm³/mol. The Labute approximate surface area is 192 Å². The minimum atomic E-state index is -3.38. The molecule has 0 spiro atoms. The molecule has 6 nitrogen and oxygen atoms in total. The Morgan fingerprint density at radius 1 is 0.966 bits per heavy atom. The molecule has 1 fully saturated rings. The fraction of sp³-hybridized carbons (Fsp3) is 0.350. The first-order valence-corrected chi connectivity index (χ1v) is 11.9. The van der Waals surface area contributed by atoms with Gasteiger partial charge >= 0.3 is 0 Å². The molecule has 1 amide bonds. The van der Waals surface area contributed by atoms with Crippen LogP contribution in [0.3, 0.4) is 0 Å². The number of benzene rings is 2. The molecule has 0 atom stereocenters. The maximum Gasteiger partial charge on any atom is 0.252 e. The molecular formula is C20H25ClIN3O3S. The number of piperazine rings is 1. The molecule has 1 aliphatic heterocycles. The number of nitrogens with zero attached hydrogens (tertiary/aromatic N) is 2. The van der Waals surface area contributed by atoms with Gasteiger partial charge in [0.05, 0.1) is 11.3 Å². The molecule has 1 saturated heterocycles. The van der Waals surface area contributed by atoms with Crippen LogP contribution < -0.4 is 5.32 Å². The number of nitrogens with one attached hydrogen (secondary N) is 1. The summed E-state index contributed by atoms with van der Waals surface area (Å²) in [7, 11) is -3.38. The van der Waals surface area contributed by atoms with E-state index >= 15 is 0 Å². The number of carbonyl (C=O) groups is 1. The molecule has 2 aromatic rings. The van der Waals surface area contributed by atoms with Crippen molar-refractivity contribution in [1.29, 1.82) is 0 Å². The number of sulfonamides is 1. The van der Waals surface area contributed by atoms with Crippen molar-refractivity contribution >= 4 is 50.9 Å². The summed E-state index contributed by atoms with van der Waals surface area (Å²) in [5.41, 5.74) is 1.80. The Bertz CT molecular complexity index is 904. The van der Waals surface area contributed by atoms with Gasteiger partial charge in [-0.05, 0) is 40.3 Å². The highest BCUT2D eigenvalue weighted by Crippen LogP contribution is 2.13. The smallest absolute Gasteiger partial charge is 0.252 e. The average Bonchev–Trinajstić information content (AvgIpc) is 2.69. The van der Waals surface area contributed by atoms with Crippen LogP contribution in [-0.2, 0) is 16.6 Å². The molecule has 0 saturated carbocycles. The Kier molecular flexibility index (Phi) is 9.35. The van der Waals surface area contributed by atoms with Gasteiger partial charge < -0.3 is 5.32 Å². The van der Waals surface area contributed by atoms with E-state index in [4.69, 9.17) is 0 Å². The fourth-order valence-electron chi connectivity index (χ4n) is 3.17. The lowest BCUT2D eigenvalue weighted by Crippen LogP contribution is -2.49. The van der Waals surface area contributed by atoms with Gasteiger partial charge in [-0.25, -0.2) is 8.42 Å². The molecule has 0 aliphatic carbocycles. The van der Waals surface area contributed by atoms with Crippen molar-refractivity contribution in [1.82, 2.24) is 14.5 Å². The van der Waals surface area contributed by atoms with E-state index in [2.05, 4.69) is 44.9 Å². The maximum atomic E-state index is 12.6. The molecule has 0 unspecified atom stereocenters.